The highest BCUT2D eigenvalue weighted by molar-refractivity contribution is 7.92. The molecule has 0 radical (unpaired) electrons. The minimum absolute atomic E-state index is 0.274. The highest BCUT2D eigenvalue weighted by Crippen LogP contribution is 2.20. The van der Waals surface area contributed by atoms with Gasteiger partial charge in [0.25, 0.3) is 0 Å². The molecule has 0 aliphatic rings. The predicted molar refractivity (Wildman–Crippen MR) is 71.9 cm³/mol. The highest BCUT2D eigenvalue weighted by Gasteiger charge is 2.38. The number of hydrogen-bond donors (Lipinski definition) is 2. The zero-order valence-electron chi connectivity index (χ0n) is 10.7. The van der Waals surface area contributed by atoms with E-state index in [1.54, 1.807) is 24.3 Å². The lowest BCUT2D eigenvalue weighted by Gasteiger charge is -2.22. The number of sulfone groups is 1. The molecule has 3 N–H and O–H groups in total. The average Bonchev–Trinajstić information content (AvgIpc) is 2.28. The topological polar surface area (TPSA) is 89.3 Å². The van der Waals surface area contributed by atoms with Crippen LogP contribution in [0.4, 0.5) is 5.69 Å². The lowest BCUT2D eigenvalue weighted by molar-refractivity contribution is -0.117. The molecule has 0 bridgehead atoms. The summed E-state index contributed by atoms with van der Waals surface area (Å²) in [5.74, 6) is -0.564. The van der Waals surface area contributed by atoms with Gasteiger partial charge in [0.2, 0.25) is 5.91 Å². The summed E-state index contributed by atoms with van der Waals surface area (Å²) in [4.78, 5) is 12.0. The number of amides is 1. The third-order valence-corrected chi connectivity index (χ3v) is 5.00. The van der Waals surface area contributed by atoms with E-state index in [1.807, 2.05) is 0 Å². The number of anilines is 1. The molecular weight excluding hydrogens is 252 g/mol. The third-order valence-electron chi connectivity index (χ3n) is 2.96. The van der Waals surface area contributed by atoms with Crippen LogP contribution in [0.1, 0.15) is 19.4 Å². The Morgan fingerprint density at radius 3 is 2.39 bits per heavy atom. The van der Waals surface area contributed by atoms with Gasteiger partial charge in [-0.15, -0.1) is 0 Å². The largest absolute Gasteiger partial charge is 0.326 e. The van der Waals surface area contributed by atoms with Gasteiger partial charge < -0.3 is 11.1 Å². The average molecular weight is 270 g/mol. The molecule has 18 heavy (non-hydrogen) atoms. The van der Waals surface area contributed by atoms with E-state index in [0.717, 1.165) is 11.8 Å². The fourth-order valence-electron chi connectivity index (χ4n) is 1.26. The Labute approximate surface area is 107 Å². The fourth-order valence-corrected chi connectivity index (χ4v) is 1.65. The van der Waals surface area contributed by atoms with Crippen molar-refractivity contribution in [2.24, 2.45) is 5.73 Å². The van der Waals surface area contributed by atoms with Crippen molar-refractivity contribution in [3.05, 3.63) is 29.8 Å². The summed E-state index contributed by atoms with van der Waals surface area (Å²) in [6.45, 7) is 3.03. The predicted octanol–water partition coefficient (Wildman–Crippen LogP) is 0.907. The van der Waals surface area contributed by atoms with Gasteiger partial charge in [0.05, 0.1) is 0 Å². The van der Waals surface area contributed by atoms with Gasteiger partial charge in [0.15, 0.2) is 9.84 Å². The molecule has 1 aromatic rings. The van der Waals surface area contributed by atoms with Crippen molar-refractivity contribution >= 4 is 21.4 Å². The molecule has 1 rings (SSSR count). The summed E-state index contributed by atoms with van der Waals surface area (Å²) < 4.78 is 21.6. The Hall–Kier alpha value is -1.40. The van der Waals surface area contributed by atoms with Gasteiger partial charge in [-0.3, -0.25) is 4.79 Å². The molecule has 0 unspecified atom stereocenters. The standard InChI is InChI=1S/C12H18N2O3S/c1-12(2,18(3,16)17)11(15)14-10-7-5-4-6-9(10)8-13/h4-7H,8,13H2,1-3H3,(H,14,15). The molecular formula is C12H18N2O3S. The van der Waals surface area contributed by atoms with Gasteiger partial charge >= 0.3 is 0 Å². The zero-order chi connectivity index (χ0) is 14.0. The zero-order valence-corrected chi connectivity index (χ0v) is 11.5. The Morgan fingerprint density at radius 2 is 1.89 bits per heavy atom. The first-order valence-corrected chi connectivity index (χ1v) is 7.38. The van der Waals surface area contributed by atoms with Crippen molar-refractivity contribution in [1.29, 1.82) is 0 Å². The SMILES string of the molecule is CC(C)(C(=O)Nc1ccccc1CN)S(C)(=O)=O. The number of carbonyl (C=O) groups is 1. The van der Waals surface area contributed by atoms with Crippen LogP contribution in [-0.2, 0) is 21.2 Å². The van der Waals surface area contributed by atoms with Gasteiger partial charge in [-0.25, -0.2) is 8.42 Å². The Balaban J connectivity index is 3.02. The molecule has 0 atom stereocenters. The summed E-state index contributed by atoms with van der Waals surface area (Å²) in [5.41, 5.74) is 6.85. The van der Waals surface area contributed by atoms with Crippen LogP contribution in [0.15, 0.2) is 24.3 Å². The first-order valence-electron chi connectivity index (χ1n) is 5.49. The lowest BCUT2D eigenvalue weighted by atomic mass is 10.1. The first-order chi connectivity index (χ1) is 8.20. The van der Waals surface area contributed by atoms with Crippen molar-refractivity contribution in [1.82, 2.24) is 0 Å². The number of rotatable bonds is 4. The summed E-state index contributed by atoms with van der Waals surface area (Å²) in [6, 6.07) is 7.03. The smallest absolute Gasteiger partial charge is 0.245 e. The van der Waals surface area contributed by atoms with E-state index in [9.17, 15) is 13.2 Å². The highest BCUT2D eigenvalue weighted by atomic mass is 32.2. The van der Waals surface area contributed by atoms with E-state index in [0.29, 0.717) is 5.69 Å². The van der Waals surface area contributed by atoms with Gasteiger partial charge in [-0.05, 0) is 25.5 Å². The van der Waals surface area contributed by atoms with Crippen LogP contribution >= 0.6 is 0 Å². The molecule has 0 aromatic heterocycles. The molecule has 1 amide bonds. The second-order valence-corrected chi connectivity index (χ2v) is 7.16. The van der Waals surface area contributed by atoms with Crippen LogP contribution < -0.4 is 11.1 Å². The van der Waals surface area contributed by atoms with Crippen LogP contribution in [-0.4, -0.2) is 25.3 Å². The van der Waals surface area contributed by atoms with Gasteiger partial charge in [-0.2, -0.15) is 0 Å². The normalized spacial score (nSPS) is 12.2. The van der Waals surface area contributed by atoms with E-state index in [4.69, 9.17) is 5.73 Å². The maximum Gasteiger partial charge on any atom is 0.245 e. The quantitative estimate of drug-likeness (QED) is 0.851. The summed E-state index contributed by atoms with van der Waals surface area (Å²) in [7, 11) is -3.48. The maximum atomic E-state index is 12.0. The number of nitrogens with one attached hydrogen (secondary N) is 1. The van der Waals surface area contributed by atoms with Crippen LogP contribution in [0.25, 0.3) is 0 Å². The molecule has 0 heterocycles. The molecule has 0 fully saturated rings. The molecule has 1 aromatic carbocycles. The van der Waals surface area contributed by atoms with Crippen LogP contribution in [0.3, 0.4) is 0 Å². The second-order valence-electron chi connectivity index (χ2n) is 4.60. The monoisotopic (exact) mass is 270 g/mol. The fraction of sp³-hybridized carbons (Fsp3) is 0.417. The molecule has 5 nitrogen and oxygen atoms in total. The van der Waals surface area contributed by atoms with Crippen LogP contribution in [0.2, 0.25) is 0 Å². The molecule has 0 aliphatic heterocycles. The van der Waals surface area contributed by atoms with Gasteiger partial charge in [0.1, 0.15) is 4.75 Å². The van der Waals surface area contributed by atoms with E-state index in [1.165, 1.54) is 13.8 Å². The number of benzene rings is 1. The molecule has 0 aliphatic carbocycles. The second kappa shape index (κ2) is 5.07. The van der Waals surface area contributed by atoms with E-state index >= 15 is 0 Å². The first kappa shape index (κ1) is 14.7. The Bertz CT molecular complexity index is 550. The number of para-hydroxylation sites is 1. The summed E-state index contributed by atoms with van der Waals surface area (Å²) in [6.07, 6.45) is 1.04. The van der Waals surface area contributed by atoms with Crippen molar-refractivity contribution < 1.29 is 13.2 Å². The lowest BCUT2D eigenvalue weighted by Crippen LogP contribution is -2.44. The van der Waals surface area contributed by atoms with Gasteiger partial charge in [0, 0.05) is 18.5 Å². The molecule has 100 valence electrons. The van der Waals surface area contributed by atoms with Crippen molar-refractivity contribution in [3.8, 4) is 0 Å². The Kier molecular flexibility index (Phi) is 4.13. The van der Waals surface area contributed by atoms with Crippen molar-refractivity contribution in [2.45, 2.75) is 25.1 Å². The Morgan fingerprint density at radius 1 is 1.33 bits per heavy atom. The van der Waals surface area contributed by atoms with Crippen LogP contribution in [0.5, 0.6) is 0 Å². The number of nitrogens with two attached hydrogens (primary N) is 1. The van der Waals surface area contributed by atoms with E-state index in [-0.39, 0.29) is 6.54 Å². The van der Waals surface area contributed by atoms with E-state index in [2.05, 4.69) is 5.32 Å². The van der Waals surface area contributed by atoms with E-state index < -0.39 is 20.5 Å². The minimum Gasteiger partial charge on any atom is -0.326 e. The third kappa shape index (κ3) is 2.88. The van der Waals surface area contributed by atoms with Crippen LogP contribution in [0, 0.1) is 0 Å². The summed E-state index contributed by atoms with van der Waals surface area (Å²) >= 11 is 0. The minimum atomic E-state index is -3.48. The summed E-state index contributed by atoms with van der Waals surface area (Å²) in [5, 5.41) is 2.61. The van der Waals surface area contributed by atoms with Crippen molar-refractivity contribution in [3.63, 3.8) is 0 Å². The molecule has 0 spiro atoms. The number of carbonyl (C=O) groups excluding carboxylic acids is 1. The van der Waals surface area contributed by atoms with Crippen molar-refractivity contribution in [2.75, 3.05) is 11.6 Å². The molecule has 0 saturated heterocycles. The maximum absolute atomic E-state index is 12.0. The molecule has 0 saturated carbocycles. The van der Waals surface area contributed by atoms with Gasteiger partial charge in [-0.1, -0.05) is 18.2 Å². The molecule has 6 heteroatoms. The number of hydrogen-bond acceptors (Lipinski definition) is 4.